The summed E-state index contributed by atoms with van der Waals surface area (Å²) in [4.78, 5) is 44.9. The summed E-state index contributed by atoms with van der Waals surface area (Å²) in [5.74, 6) is -1.81. The number of rotatable bonds is 17. The zero-order valence-electron chi connectivity index (χ0n) is 32.3. The molecule has 1 saturated heterocycles. The zero-order chi connectivity index (χ0) is 39.4. The van der Waals surface area contributed by atoms with Crippen molar-refractivity contribution in [3.8, 4) is 5.75 Å². The van der Waals surface area contributed by atoms with Crippen LogP contribution in [0.4, 0.5) is 13.6 Å². The normalized spacial score (nSPS) is 17.4. The van der Waals surface area contributed by atoms with Crippen LogP contribution in [0.1, 0.15) is 92.4 Å². The number of ether oxygens (including phenoxy) is 2. The maximum Gasteiger partial charge on any atom is 0.406 e. The fourth-order valence-electron chi connectivity index (χ4n) is 8.32. The van der Waals surface area contributed by atoms with E-state index in [1.54, 1.807) is 11.1 Å². The van der Waals surface area contributed by atoms with Gasteiger partial charge in [0, 0.05) is 43.1 Å². The minimum Gasteiger partial charge on any atom is -0.490 e. The van der Waals surface area contributed by atoms with Crippen molar-refractivity contribution in [3.63, 3.8) is 0 Å². The first kappa shape index (κ1) is 40.8. The number of methoxy groups -OCH3 is 1. The number of nitrogens with one attached hydrogen (secondary N) is 1. The van der Waals surface area contributed by atoms with Gasteiger partial charge in [-0.3, -0.25) is 14.6 Å². The summed E-state index contributed by atoms with van der Waals surface area (Å²) >= 11 is 0. The van der Waals surface area contributed by atoms with E-state index in [9.17, 15) is 14.4 Å². The summed E-state index contributed by atoms with van der Waals surface area (Å²) in [6, 6.07) is 19.1. The number of pyridine rings is 1. The Morgan fingerprint density at radius 2 is 1.68 bits per heavy atom. The highest BCUT2D eigenvalue weighted by atomic mass is 19.1. The SMILES string of the molecule is COC(=O)NC[C@@H](Cc1cnc2ccccc2c1)c1cc(F)c(OCCCCCc2ccc(CC(=O)C(C3CCCCC3)N3CCCC(N)C3=O)cc2)cc1F. The van der Waals surface area contributed by atoms with Gasteiger partial charge in [-0.15, -0.1) is 0 Å². The molecule has 4 aromatic rings. The van der Waals surface area contributed by atoms with E-state index in [0.29, 0.717) is 32.2 Å². The van der Waals surface area contributed by atoms with Crippen LogP contribution in [0.25, 0.3) is 10.9 Å². The predicted molar refractivity (Wildman–Crippen MR) is 212 cm³/mol. The van der Waals surface area contributed by atoms with Crippen LogP contribution in [0.15, 0.2) is 72.9 Å². The fourth-order valence-corrected chi connectivity index (χ4v) is 8.32. The lowest BCUT2D eigenvalue weighted by atomic mass is 9.79. The zero-order valence-corrected chi connectivity index (χ0v) is 32.3. The Morgan fingerprint density at radius 3 is 2.46 bits per heavy atom. The van der Waals surface area contributed by atoms with Crippen LogP contribution in [0.3, 0.4) is 0 Å². The van der Waals surface area contributed by atoms with Crippen LogP contribution in [-0.4, -0.2) is 66.6 Å². The molecule has 298 valence electrons. The van der Waals surface area contributed by atoms with E-state index in [2.05, 4.69) is 22.4 Å². The average Bonchev–Trinajstić information content (AvgIpc) is 3.21. The highest BCUT2D eigenvalue weighted by Crippen LogP contribution is 2.33. The van der Waals surface area contributed by atoms with Gasteiger partial charge < -0.3 is 25.4 Å². The molecule has 3 aromatic carbocycles. The van der Waals surface area contributed by atoms with Crippen molar-refractivity contribution in [2.24, 2.45) is 11.7 Å². The topological polar surface area (TPSA) is 124 Å². The highest BCUT2D eigenvalue weighted by Gasteiger charge is 2.39. The molecule has 1 aromatic heterocycles. The quantitative estimate of drug-likeness (QED) is 0.104. The summed E-state index contributed by atoms with van der Waals surface area (Å²) in [5.41, 5.74) is 10.00. The first-order valence-electron chi connectivity index (χ1n) is 20.1. The second-order valence-electron chi connectivity index (χ2n) is 15.4. The molecular weight excluding hydrogens is 715 g/mol. The molecule has 2 aliphatic rings. The van der Waals surface area contributed by atoms with E-state index in [4.69, 9.17) is 15.2 Å². The third kappa shape index (κ3) is 10.7. The maximum absolute atomic E-state index is 15.6. The molecule has 3 atom stereocenters. The number of nitrogens with zero attached hydrogens (tertiary/aromatic N) is 2. The van der Waals surface area contributed by atoms with Crippen molar-refractivity contribution >= 4 is 28.7 Å². The summed E-state index contributed by atoms with van der Waals surface area (Å²) in [6.45, 7) is 0.874. The third-order valence-electron chi connectivity index (χ3n) is 11.3. The van der Waals surface area contributed by atoms with E-state index in [1.807, 2.05) is 42.5 Å². The second-order valence-corrected chi connectivity index (χ2v) is 15.4. The van der Waals surface area contributed by atoms with Gasteiger partial charge in [-0.05, 0) is 104 Å². The van der Waals surface area contributed by atoms with Gasteiger partial charge in [-0.2, -0.15) is 0 Å². The molecular formula is C45H54F2N4O5. The van der Waals surface area contributed by atoms with Crippen LogP contribution in [0.2, 0.25) is 0 Å². The number of benzene rings is 3. The molecule has 2 heterocycles. The van der Waals surface area contributed by atoms with Crippen LogP contribution >= 0.6 is 0 Å². The van der Waals surface area contributed by atoms with E-state index < -0.39 is 35.7 Å². The van der Waals surface area contributed by atoms with Crippen LogP contribution in [-0.2, 0) is 33.6 Å². The predicted octanol–water partition coefficient (Wildman–Crippen LogP) is 8.00. The molecule has 0 spiro atoms. The highest BCUT2D eigenvalue weighted by molar-refractivity contribution is 5.92. The first-order valence-corrected chi connectivity index (χ1v) is 20.1. The third-order valence-corrected chi connectivity index (χ3v) is 11.3. The summed E-state index contributed by atoms with van der Waals surface area (Å²) in [7, 11) is 1.25. The van der Waals surface area contributed by atoms with Crippen molar-refractivity contribution in [3.05, 3.63) is 107 Å². The summed E-state index contributed by atoms with van der Waals surface area (Å²) in [5, 5.41) is 3.55. The van der Waals surface area contributed by atoms with E-state index in [1.165, 1.54) is 13.5 Å². The van der Waals surface area contributed by atoms with E-state index in [-0.39, 0.29) is 42.1 Å². The number of carbonyl (C=O) groups is 3. The van der Waals surface area contributed by atoms with Crippen LogP contribution < -0.4 is 15.8 Å². The molecule has 1 saturated carbocycles. The number of ketones is 1. The summed E-state index contributed by atoms with van der Waals surface area (Å²) < 4.78 is 41.3. The minimum atomic E-state index is -0.671. The van der Waals surface area contributed by atoms with Crippen LogP contribution in [0, 0.1) is 17.6 Å². The molecule has 2 fully saturated rings. The maximum atomic E-state index is 15.6. The number of unbranched alkanes of at least 4 members (excludes halogenated alkanes) is 2. The van der Waals surface area contributed by atoms with Crippen molar-refractivity contribution < 1.29 is 32.6 Å². The van der Waals surface area contributed by atoms with Gasteiger partial charge in [-0.1, -0.05) is 61.7 Å². The van der Waals surface area contributed by atoms with Gasteiger partial charge in [0.1, 0.15) is 5.82 Å². The number of Topliss-reactive ketones (excluding diaryl/α,β-unsaturated/α-hetero) is 1. The number of piperidine rings is 1. The van der Waals surface area contributed by atoms with E-state index in [0.717, 1.165) is 91.1 Å². The monoisotopic (exact) mass is 768 g/mol. The minimum absolute atomic E-state index is 0.0360. The number of amides is 2. The lowest BCUT2D eigenvalue weighted by Crippen LogP contribution is -2.57. The Labute approximate surface area is 328 Å². The number of carbonyl (C=O) groups excluding carboxylic acids is 3. The van der Waals surface area contributed by atoms with Crippen molar-refractivity contribution in [2.45, 2.75) is 101 Å². The number of likely N-dealkylation sites (tertiary alicyclic amines) is 1. The molecule has 11 heteroatoms. The van der Waals surface area contributed by atoms with Gasteiger partial charge in [0.05, 0.1) is 31.3 Å². The number of halogens is 2. The molecule has 0 bridgehead atoms. The molecule has 9 nitrogen and oxygen atoms in total. The Bertz CT molecular complexity index is 1950. The van der Waals surface area contributed by atoms with Crippen LogP contribution in [0.5, 0.6) is 5.75 Å². The van der Waals surface area contributed by atoms with E-state index >= 15 is 8.78 Å². The number of nitrogens with two attached hydrogens (primary N) is 1. The van der Waals surface area contributed by atoms with Gasteiger partial charge in [-0.25, -0.2) is 13.6 Å². The fraction of sp³-hybridized carbons (Fsp3) is 0.467. The van der Waals surface area contributed by atoms with Gasteiger partial charge >= 0.3 is 6.09 Å². The molecule has 56 heavy (non-hydrogen) atoms. The Kier molecular flexibility index (Phi) is 14.4. The summed E-state index contributed by atoms with van der Waals surface area (Å²) in [6.07, 6.45) is 11.7. The molecule has 1 aliphatic heterocycles. The average molecular weight is 769 g/mol. The van der Waals surface area contributed by atoms with Crippen molar-refractivity contribution in [1.29, 1.82) is 0 Å². The molecule has 1 aliphatic carbocycles. The van der Waals surface area contributed by atoms with Gasteiger partial charge in [0.25, 0.3) is 0 Å². The number of hydrogen-bond donors (Lipinski definition) is 2. The molecule has 0 radical (unpaired) electrons. The number of fused-ring (bicyclic) bond motifs is 1. The lowest BCUT2D eigenvalue weighted by Gasteiger charge is -2.41. The molecule has 3 N–H and O–H groups in total. The van der Waals surface area contributed by atoms with Gasteiger partial charge in [0.15, 0.2) is 17.3 Å². The number of hydrogen-bond acceptors (Lipinski definition) is 7. The van der Waals surface area contributed by atoms with Crippen molar-refractivity contribution in [1.82, 2.24) is 15.2 Å². The Morgan fingerprint density at radius 1 is 0.911 bits per heavy atom. The smallest absolute Gasteiger partial charge is 0.406 e. The molecule has 2 unspecified atom stereocenters. The Balaban J connectivity index is 0.980. The lowest BCUT2D eigenvalue weighted by molar-refractivity contribution is -0.145. The number of para-hydroxylation sites is 1. The number of aryl methyl sites for hydroxylation is 1. The van der Waals surface area contributed by atoms with Gasteiger partial charge in [0.2, 0.25) is 5.91 Å². The largest absolute Gasteiger partial charge is 0.490 e. The second kappa shape index (κ2) is 19.8. The standard InChI is InChI=1S/C45H54F2N4O5/c1-55-45(54)50-29-35(24-32-23-34-14-7-8-16-40(34)49-28-32)36-26-38(47)42(27-37(36)46)56-22-9-3-4-11-30-17-19-31(20-18-30)25-41(52)43(33-12-5-2-6-13-33)51-21-10-15-39(48)44(51)53/h7-8,14,16-20,23,26-28,33,35,39,43H,2-6,9-13,15,21-22,24-25,29,48H2,1H3,(H,50,54)/t35-,39?,43?/m1/s1. The molecule has 6 rings (SSSR count). The Hall–Kier alpha value is -4.90. The number of aromatic nitrogens is 1. The van der Waals surface area contributed by atoms with Crippen molar-refractivity contribution in [2.75, 3.05) is 26.8 Å². The molecule has 2 amide bonds. The first-order chi connectivity index (χ1) is 27.2. The number of alkyl carbamates (subject to hydrolysis) is 1.